The third-order valence-electron chi connectivity index (χ3n) is 2.96. The van der Waals surface area contributed by atoms with Gasteiger partial charge in [0.25, 0.3) is 0 Å². The number of carbonyl (C=O) groups excluding carboxylic acids is 1. The van der Waals surface area contributed by atoms with Crippen LogP contribution in [0, 0.1) is 0 Å². The van der Waals surface area contributed by atoms with Crippen molar-refractivity contribution in [2.45, 2.75) is 13.0 Å². The molecule has 3 aromatic rings. The third-order valence-corrected chi connectivity index (χ3v) is 4.06. The number of aromatic nitrogens is 2. The molecular weight excluding hydrogens is 322 g/mol. The van der Waals surface area contributed by atoms with E-state index in [1.165, 1.54) is 17.6 Å². The molecule has 0 fully saturated rings. The van der Waals surface area contributed by atoms with Gasteiger partial charge in [-0.2, -0.15) is 0 Å². The first-order valence-corrected chi connectivity index (χ1v) is 7.83. The van der Waals surface area contributed by atoms with E-state index in [2.05, 4.69) is 20.0 Å². The van der Waals surface area contributed by atoms with Gasteiger partial charge in [-0.3, -0.25) is 4.79 Å². The van der Waals surface area contributed by atoms with E-state index >= 15 is 0 Å². The van der Waals surface area contributed by atoms with Gasteiger partial charge in [-0.15, -0.1) is 11.3 Å². The topological polar surface area (TPSA) is 68.0 Å². The first-order valence-electron chi connectivity index (χ1n) is 6.57. The van der Waals surface area contributed by atoms with Crippen molar-refractivity contribution in [1.82, 2.24) is 15.5 Å². The number of halogens is 1. The summed E-state index contributed by atoms with van der Waals surface area (Å²) < 4.78 is 4.69. The van der Waals surface area contributed by atoms with Crippen LogP contribution >= 0.6 is 22.9 Å². The smallest absolute Gasteiger partial charge is 0.226 e. The second-order valence-electron chi connectivity index (χ2n) is 4.58. The van der Waals surface area contributed by atoms with Gasteiger partial charge in [-0.1, -0.05) is 28.9 Å². The SMILES string of the molecule is O=C(Cc1ccon1)NCc1nc(-c2ccc(Cl)cc2)cs1. The van der Waals surface area contributed by atoms with Crippen molar-refractivity contribution in [3.05, 3.63) is 57.7 Å². The fraction of sp³-hybridized carbons (Fsp3) is 0.133. The van der Waals surface area contributed by atoms with Crippen molar-refractivity contribution in [2.75, 3.05) is 0 Å². The molecular formula is C15H12ClN3O2S. The summed E-state index contributed by atoms with van der Waals surface area (Å²) >= 11 is 7.38. The van der Waals surface area contributed by atoms with Crippen LogP contribution in [0.15, 0.2) is 46.5 Å². The van der Waals surface area contributed by atoms with Gasteiger partial charge in [-0.05, 0) is 12.1 Å². The highest BCUT2D eigenvalue weighted by Crippen LogP contribution is 2.23. The maximum absolute atomic E-state index is 11.8. The maximum atomic E-state index is 11.8. The maximum Gasteiger partial charge on any atom is 0.226 e. The van der Waals surface area contributed by atoms with E-state index in [0.29, 0.717) is 17.3 Å². The Kier molecular flexibility index (Phi) is 4.50. The lowest BCUT2D eigenvalue weighted by Crippen LogP contribution is -2.24. The van der Waals surface area contributed by atoms with Crippen LogP contribution in [-0.2, 0) is 17.8 Å². The van der Waals surface area contributed by atoms with Crippen LogP contribution < -0.4 is 5.32 Å². The van der Waals surface area contributed by atoms with Crippen molar-refractivity contribution in [2.24, 2.45) is 0 Å². The molecule has 0 unspecified atom stereocenters. The van der Waals surface area contributed by atoms with Crippen molar-refractivity contribution in [3.8, 4) is 11.3 Å². The molecule has 1 aromatic carbocycles. The quantitative estimate of drug-likeness (QED) is 0.777. The molecule has 0 bridgehead atoms. The van der Waals surface area contributed by atoms with Crippen molar-refractivity contribution < 1.29 is 9.32 Å². The third kappa shape index (κ3) is 3.72. The zero-order valence-corrected chi connectivity index (χ0v) is 13.0. The summed E-state index contributed by atoms with van der Waals surface area (Å²) in [7, 11) is 0. The first-order chi connectivity index (χ1) is 10.7. The van der Waals surface area contributed by atoms with E-state index in [-0.39, 0.29) is 12.3 Å². The molecule has 22 heavy (non-hydrogen) atoms. The van der Waals surface area contributed by atoms with Crippen molar-refractivity contribution >= 4 is 28.8 Å². The van der Waals surface area contributed by atoms with E-state index in [4.69, 9.17) is 11.6 Å². The lowest BCUT2D eigenvalue weighted by Gasteiger charge is -2.00. The van der Waals surface area contributed by atoms with Crippen LogP contribution in [0.3, 0.4) is 0 Å². The molecule has 0 aliphatic carbocycles. The van der Waals surface area contributed by atoms with E-state index in [9.17, 15) is 4.79 Å². The molecule has 5 nitrogen and oxygen atoms in total. The highest BCUT2D eigenvalue weighted by molar-refractivity contribution is 7.09. The van der Waals surface area contributed by atoms with E-state index < -0.39 is 0 Å². The molecule has 112 valence electrons. The summed E-state index contributed by atoms with van der Waals surface area (Å²) in [6.07, 6.45) is 1.65. The summed E-state index contributed by atoms with van der Waals surface area (Å²) in [5.41, 5.74) is 2.49. The fourth-order valence-electron chi connectivity index (χ4n) is 1.88. The number of benzene rings is 1. The number of hydrogen-bond donors (Lipinski definition) is 1. The zero-order valence-electron chi connectivity index (χ0n) is 11.5. The Morgan fingerprint density at radius 2 is 2.09 bits per heavy atom. The molecule has 7 heteroatoms. The van der Waals surface area contributed by atoms with Gasteiger partial charge in [0.1, 0.15) is 11.3 Å². The minimum atomic E-state index is -0.114. The standard InChI is InChI=1S/C15H12ClN3O2S/c16-11-3-1-10(2-4-11)13-9-22-15(18-13)8-17-14(20)7-12-5-6-21-19-12/h1-6,9H,7-8H2,(H,17,20). The van der Waals surface area contributed by atoms with Gasteiger partial charge in [-0.25, -0.2) is 4.98 Å². The highest BCUT2D eigenvalue weighted by Gasteiger charge is 2.08. The molecule has 3 rings (SSSR count). The molecule has 2 heterocycles. The van der Waals surface area contributed by atoms with Gasteiger partial charge >= 0.3 is 0 Å². The number of hydrogen-bond acceptors (Lipinski definition) is 5. The molecule has 0 atom stereocenters. The normalized spacial score (nSPS) is 10.6. The molecule has 0 saturated heterocycles. The number of carbonyl (C=O) groups is 1. The summed E-state index contributed by atoms with van der Waals surface area (Å²) in [6.45, 7) is 0.398. The van der Waals surface area contributed by atoms with Gasteiger partial charge < -0.3 is 9.84 Å². The number of amides is 1. The molecule has 1 amide bonds. The van der Waals surface area contributed by atoms with E-state index in [0.717, 1.165) is 16.3 Å². The van der Waals surface area contributed by atoms with Gasteiger partial charge in [0, 0.05) is 22.0 Å². The minimum absolute atomic E-state index is 0.114. The second-order valence-corrected chi connectivity index (χ2v) is 5.96. The average molecular weight is 334 g/mol. The molecule has 0 spiro atoms. The van der Waals surface area contributed by atoms with Crippen LogP contribution in [0.2, 0.25) is 5.02 Å². The Morgan fingerprint density at radius 1 is 1.27 bits per heavy atom. The van der Waals surface area contributed by atoms with Crippen LogP contribution in [0.25, 0.3) is 11.3 Å². The molecule has 1 N–H and O–H groups in total. The van der Waals surface area contributed by atoms with Crippen LogP contribution in [0.4, 0.5) is 0 Å². The Morgan fingerprint density at radius 3 is 2.82 bits per heavy atom. The summed E-state index contributed by atoms with van der Waals surface area (Å²) in [5, 5.41) is 10.0. The Bertz CT molecular complexity index is 753. The fourth-order valence-corrected chi connectivity index (χ4v) is 2.74. The minimum Gasteiger partial charge on any atom is -0.364 e. The van der Waals surface area contributed by atoms with E-state index in [1.54, 1.807) is 6.07 Å². The predicted octanol–water partition coefficient (Wildman–Crippen LogP) is 3.31. The molecule has 0 radical (unpaired) electrons. The predicted molar refractivity (Wildman–Crippen MR) is 84.6 cm³/mol. The van der Waals surface area contributed by atoms with Gasteiger partial charge in [0.05, 0.1) is 24.4 Å². The average Bonchev–Trinajstić information content (AvgIpc) is 3.17. The van der Waals surface area contributed by atoms with Gasteiger partial charge in [0.2, 0.25) is 5.91 Å². The van der Waals surface area contributed by atoms with Crippen LogP contribution in [0.5, 0.6) is 0 Å². The highest BCUT2D eigenvalue weighted by atomic mass is 35.5. The Hall–Kier alpha value is -2.18. The van der Waals surface area contributed by atoms with E-state index in [1.807, 2.05) is 29.6 Å². The summed E-state index contributed by atoms with van der Waals surface area (Å²) in [4.78, 5) is 16.3. The lowest BCUT2D eigenvalue weighted by molar-refractivity contribution is -0.120. The first kappa shape index (κ1) is 14.7. The van der Waals surface area contributed by atoms with Crippen molar-refractivity contribution in [1.29, 1.82) is 0 Å². The molecule has 0 saturated carbocycles. The zero-order chi connectivity index (χ0) is 15.4. The summed E-state index contributed by atoms with van der Waals surface area (Å²) in [5.74, 6) is -0.114. The Balaban J connectivity index is 1.57. The molecule has 0 aliphatic heterocycles. The largest absolute Gasteiger partial charge is 0.364 e. The van der Waals surface area contributed by atoms with Gasteiger partial charge in [0.15, 0.2) is 0 Å². The number of nitrogens with one attached hydrogen (secondary N) is 1. The van der Waals surface area contributed by atoms with Crippen LogP contribution in [-0.4, -0.2) is 16.0 Å². The monoisotopic (exact) mass is 333 g/mol. The number of nitrogens with zero attached hydrogens (tertiary/aromatic N) is 2. The second kappa shape index (κ2) is 6.72. The molecule has 0 aliphatic rings. The summed E-state index contributed by atoms with van der Waals surface area (Å²) in [6, 6.07) is 9.17. The van der Waals surface area contributed by atoms with Crippen LogP contribution in [0.1, 0.15) is 10.7 Å². The Labute approximate surface area is 135 Å². The number of thiazole rings is 1. The lowest BCUT2D eigenvalue weighted by atomic mass is 10.2. The molecule has 2 aromatic heterocycles. The van der Waals surface area contributed by atoms with Crippen molar-refractivity contribution in [3.63, 3.8) is 0 Å². The number of rotatable bonds is 5.